The first kappa shape index (κ1) is 17.5. The second-order valence-electron chi connectivity index (χ2n) is 4.32. The summed E-state index contributed by atoms with van der Waals surface area (Å²) in [5.41, 5.74) is 0.596. The number of alkyl halides is 4. The van der Waals surface area contributed by atoms with Crippen molar-refractivity contribution in [2.75, 3.05) is 0 Å². The fourth-order valence-electron chi connectivity index (χ4n) is 1.77. The number of hydrogen-bond acceptors (Lipinski definition) is 4. The topological polar surface area (TPSA) is 43.2 Å². The first-order valence-corrected chi connectivity index (χ1v) is 6.70. The Balaban J connectivity index is 2.11. The van der Waals surface area contributed by atoms with Crippen molar-refractivity contribution >= 4 is 12.4 Å². The highest BCUT2D eigenvalue weighted by atomic mass is 19.3. The van der Waals surface area contributed by atoms with Gasteiger partial charge in [0.1, 0.15) is 11.5 Å². The molecule has 0 amide bonds. The van der Waals surface area contributed by atoms with E-state index in [4.69, 9.17) is 0 Å². The van der Waals surface area contributed by atoms with Crippen molar-refractivity contribution in [3.8, 4) is 11.5 Å². The van der Waals surface area contributed by atoms with Crippen LogP contribution in [0, 0.1) is 0 Å². The Hall–Kier alpha value is -2.90. The Morgan fingerprint density at radius 1 is 0.667 bits per heavy atom. The van der Waals surface area contributed by atoms with Crippen LogP contribution in [0.2, 0.25) is 0 Å². The van der Waals surface area contributed by atoms with E-state index in [1.54, 1.807) is 12.1 Å². The lowest BCUT2D eigenvalue weighted by Crippen LogP contribution is -2.04. The summed E-state index contributed by atoms with van der Waals surface area (Å²) in [5.74, 6) is -0.0965. The molecule has 0 heterocycles. The molecule has 8 heteroatoms. The van der Waals surface area contributed by atoms with Crippen LogP contribution < -0.4 is 9.47 Å². The highest BCUT2D eigenvalue weighted by Gasteiger charge is 2.08. The van der Waals surface area contributed by atoms with Crippen molar-refractivity contribution in [2.45, 2.75) is 13.2 Å². The molecule has 0 saturated heterocycles. The monoisotopic (exact) mass is 340 g/mol. The van der Waals surface area contributed by atoms with Crippen LogP contribution in [0.1, 0.15) is 11.1 Å². The van der Waals surface area contributed by atoms with Gasteiger partial charge < -0.3 is 9.47 Å². The van der Waals surface area contributed by atoms with E-state index >= 15 is 0 Å². The number of para-hydroxylation sites is 2. The predicted molar refractivity (Wildman–Crippen MR) is 81.3 cm³/mol. The zero-order valence-electron chi connectivity index (χ0n) is 12.2. The van der Waals surface area contributed by atoms with E-state index in [1.807, 2.05) is 0 Å². The third kappa shape index (κ3) is 5.38. The molecule has 0 N–H and O–H groups in total. The van der Waals surface area contributed by atoms with Crippen LogP contribution in [-0.2, 0) is 0 Å². The van der Waals surface area contributed by atoms with Gasteiger partial charge in [0.2, 0.25) is 0 Å². The summed E-state index contributed by atoms with van der Waals surface area (Å²) < 4.78 is 57.8. The lowest BCUT2D eigenvalue weighted by molar-refractivity contribution is -0.0506. The number of hydrogen-bond donors (Lipinski definition) is 0. The van der Waals surface area contributed by atoms with Gasteiger partial charge in [-0.1, -0.05) is 24.3 Å². The summed E-state index contributed by atoms with van der Waals surface area (Å²) in [7, 11) is 0. The van der Waals surface area contributed by atoms with E-state index in [1.165, 1.54) is 48.8 Å². The highest BCUT2D eigenvalue weighted by Crippen LogP contribution is 2.19. The minimum absolute atomic E-state index is 0.0483. The molecule has 0 aliphatic rings. The van der Waals surface area contributed by atoms with E-state index in [2.05, 4.69) is 19.7 Å². The summed E-state index contributed by atoms with van der Waals surface area (Å²) in [6.45, 7) is -5.91. The minimum atomic E-state index is -2.96. The number of ether oxygens (including phenoxy) is 2. The van der Waals surface area contributed by atoms with Crippen LogP contribution in [0.5, 0.6) is 11.5 Å². The number of benzene rings is 2. The van der Waals surface area contributed by atoms with Crippen LogP contribution in [0.15, 0.2) is 58.7 Å². The first-order chi connectivity index (χ1) is 11.6. The fourth-order valence-corrected chi connectivity index (χ4v) is 1.77. The van der Waals surface area contributed by atoms with Gasteiger partial charge in [-0.2, -0.15) is 27.8 Å². The maximum atomic E-state index is 12.3. The number of rotatable bonds is 7. The molecule has 0 radical (unpaired) electrons. The van der Waals surface area contributed by atoms with Crippen molar-refractivity contribution in [2.24, 2.45) is 10.2 Å². The van der Waals surface area contributed by atoms with E-state index in [-0.39, 0.29) is 11.5 Å². The maximum absolute atomic E-state index is 12.3. The standard InChI is InChI=1S/C16H12F4N2O2/c17-15(18)23-13-7-3-1-5-11(13)9-21-22-10-12-6-2-4-8-14(12)24-16(19)20/h1-10,15-16H/b21-9-,22-10-. The van der Waals surface area contributed by atoms with E-state index in [9.17, 15) is 17.6 Å². The molecule has 4 nitrogen and oxygen atoms in total. The van der Waals surface area contributed by atoms with E-state index in [0.717, 1.165) is 0 Å². The van der Waals surface area contributed by atoms with Gasteiger partial charge in [-0.25, -0.2) is 0 Å². The normalized spacial score (nSPS) is 11.8. The summed E-state index contributed by atoms with van der Waals surface area (Å²) in [5, 5.41) is 7.40. The Labute approximate surface area is 135 Å². The first-order valence-electron chi connectivity index (χ1n) is 6.70. The van der Waals surface area contributed by atoms with Gasteiger partial charge in [0.15, 0.2) is 0 Å². The number of halogens is 4. The third-order valence-electron chi connectivity index (χ3n) is 2.73. The van der Waals surface area contributed by atoms with Crippen molar-refractivity contribution in [1.82, 2.24) is 0 Å². The zero-order chi connectivity index (χ0) is 17.4. The second kappa shape index (κ2) is 8.66. The quantitative estimate of drug-likeness (QED) is 0.427. The molecule has 2 aromatic rings. The number of nitrogens with zero attached hydrogens (tertiary/aromatic N) is 2. The summed E-state index contributed by atoms with van der Waals surface area (Å²) in [4.78, 5) is 0. The Morgan fingerprint density at radius 3 is 1.42 bits per heavy atom. The van der Waals surface area contributed by atoms with Gasteiger partial charge in [0, 0.05) is 11.1 Å². The lowest BCUT2D eigenvalue weighted by Gasteiger charge is -2.06. The Kier molecular flexibility index (Phi) is 6.30. The van der Waals surface area contributed by atoms with Gasteiger partial charge in [-0.05, 0) is 24.3 Å². The molecule has 0 spiro atoms. The van der Waals surface area contributed by atoms with Gasteiger partial charge in [0.05, 0.1) is 12.4 Å². The zero-order valence-corrected chi connectivity index (χ0v) is 12.2. The smallest absolute Gasteiger partial charge is 0.387 e. The molecular formula is C16H12F4N2O2. The molecule has 0 saturated carbocycles. The average Bonchev–Trinajstić information content (AvgIpc) is 2.53. The molecule has 0 fully saturated rings. The molecule has 0 aromatic heterocycles. The van der Waals surface area contributed by atoms with Gasteiger partial charge >= 0.3 is 13.2 Å². The molecule has 126 valence electrons. The Morgan fingerprint density at radius 2 is 1.04 bits per heavy atom. The molecule has 0 atom stereocenters. The molecule has 2 aromatic carbocycles. The van der Waals surface area contributed by atoms with Crippen LogP contribution in [0.3, 0.4) is 0 Å². The predicted octanol–water partition coefficient (Wildman–Crippen LogP) is 4.34. The van der Waals surface area contributed by atoms with Crippen LogP contribution in [-0.4, -0.2) is 25.7 Å². The summed E-state index contributed by atoms with van der Waals surface area (Å²) >= 11 is 0. The van der Waals surface area contributed by atoms with Gasteiger partial charge in [0.25, 0.3) is 0 Å². The third-order valence-corrected chi connectivity index (χ3v) is 2.73. The van der Waals surface area contributed by atoms with Crippen molar-refractivity contribution in [3.05, 3.63) is 59.7 Å². The fraction of sp³-hybridized carbons (Fsp3) is 0.125. The largest absolute Gasteiger partial charge is 0.434 e. The molecular weight excluding hydrogens is 328 g/mol. The van der Waals surface area contributed by atoms with Crippen LogP contribution in [0.4, 0.5) is 17.6 Å². The summed E-state index contributed by atoms with van der Waals surface area (Å²) in [6, 6.07) is 12.1. The van der Waals surface area contributed by atoms with E-state index < -0.39 is 13.2 Å². The van der Waals surface area contributed by atoms with Crippen molar-refractivity contribution in [1.29, 1.82) is 0 Å². The lowest BCUT2D eigenvalue weighted by atomic mass is 10.2. The van der Waals surface area contributed by atoms with Crippen LogP contribution in [0.25, 0.3) is 0 Å². The second-order valence-corrected chi connectivity index (χ2v) is 4.32. The minimum Gasteiger partial charge on any atom is -0.434 e. The molecule has 0 bridgehead atoms. The van der Waals surface area contributed by atoms with E-state index in [0.29, 0.717) is 11.1 Å². The average molecular weight is 340 g/mol. The van der Waals surface area contributed by atoms with Crippen LogP contribution >= 0.6 is 0 Å². The molecule has 24 heavy (non-hydrogen) atoms. The van der Waals surface area contributed by atoms with Gasteiger partial charge in [-0.15, -0.1) is 0 Å². The van der Waals surface area contributed by atoms with Crippen molar-refractivity contribution < 1.29 is 27.0 Å². The van der Waals surface area contributed by atoms with Crippen molar-refractivity contribution in [3.63, 3.8) is 0 Å². The highest BCUT2D eigenvalue weighted by molar-refractivity contribution is 5.86. The summed E-state index contributed by atoms with van der Waals surface area (Å²) in [6.07, 6.45) is 2.43. The molecule has 2 rings (SSSR count). The maximum Gasteiger partial charge on any atom is 0.387 e. The molecule has 0 unspecified atom stereocenters. The molecule has 0 aliphatic carbocycles. The van der Waals surface area contributed by atoms with Gasteiger partial charge in [-0.3, -0.25) is 0 Å². The molecule has 0 aliphatic heterocycles. The Bertz CT molecular complexity index is 659. The SMILES string of the molecule is FC(F)Oc1ccccc1/C=N\N=C/c1ccccc1OC(F)F.